The molecule has 328 valence electrons. The number of imide groups is 2. The maximum atomic E-state index is 15.6. The Labute approximate surface area is 358 Å². The highest BCUT2D eigenvalue weighted by atomic mass is 19.1. The SMILES string of the molecule is COC(=O)C(C)(C)CN1C(=O)CCC(N2C(=O)c3ccc(N4CCC(CN5CCN(c6ccc(Nc7nc(N8CCCCC8)nnc7C(N)=O)cc6F)CC5)C4)cc3C2=O)C1=O. The minimum absolute atomic E-state index is 0.00899. The fourth-order valence-electron chi connectivity index (χ4n) is 9.22. The number of nitrogens with one attached hydrogen (secondary N) is 1. The molecule has 0 bridgehead atoms. The lowest BCUT2D eigenvalue weighted by Crippen LogP contribution is -2.58. The second-order valence-electron chi connectivity index (χ2n) is 17.4. The van der Waals surface area contributed by atoms with Crippen LogP contribution in [0.4, 0.5) is 33.2 Å². The number of rotatable bonds is 12. The Balaban J connectivity index is 0.849. The minimum atomic E-state index is -1.18. The van der Waals surface area contributed by atoms with E-state index < -0.39 is 52.8 Å². The third kappa shape index (κ3) is 8.36. The second kappa shape index (κ2) is 17.3. The van der Waals surface area contributed by atoms with Crippen molar-refractivity contribution in [1.29, 1.82) is 0 Å². The minimum Gasteiger partial charge on any atom is -0.469 e. The van der Waals surface area contributed by atoms with Gasteiger partial charge in [-0.3, -0.25) is 43.5 Å². The molecule has 0 radical (unpaired) electrons. The van der Waals surface area contributed by atoms with Crippen molar-refractivity contribution in [2.24, 2.45) is 17.1 Å². The first-order valence-corrected chi connectivity index (χ1v) is 21.2. The number of methoxy groups -OCH3 is 1. The summed E-state index contributed by atoms with van der Waals surface area (Å²) in [6.07, 6.45) is 4.04. The van der Waals surface area contributed by atoms with E-state index in [-0.39, 0.29) is 42.0 Å². The number of anilines is 5. The predicted octanol–water partition coefficient (Wildman–Crippen LogP) is 2.80. The number of likely N-dealkylation sites (tertiary alicyclic amines) is 1. The van der Waals surface area contributed by atoms with Crippen LogP contribution in [0.1, 0.15) is 83.6 Å². The van der Waals surface area contributed by atoms with Gasteiger partial charge in [0.2, 0.25) is 11.9 Å². The quantitative estimate of drug-likeness (QED) is 0.198. The van der Waals surface area contributed by atoms with Crippen LogP contribution in [-0.4, -0.2) is 144 Å². The Hall–Kier alpha value is -6.24. The van der Waals surface area contributed by atoms with Gasteiger partial charge in [0.25, 0.3) is 23.6 Å². The summed E-state index contributed by atoms with van der Waals surface area (Å²) in [5.74, 6) is -3.23. The number of amides is 5. The summed E-state index contributed by atoms with van der Waals surface area (Å²) in [7, 11) is 1.23. The normalized spacial score (nSPS) is 21.2. The number of primary amides is 1. The molecule has 3 aromatic rings. The van der Waals surface area contributed by atoms with Crippen molar-refractivity contribution < 1.29 is 37.9 Å². The van der Waals surface area contributed by atoms with Gasteiger partial charge in [0.15, 0.2) is 11.5 Å². The lowest BCUT2D eigenvalue weighted by Gasteiger charge is -2.37. The highest BCUT2D eigenvalue weighted by Crippen LogP contribution is 2.35. The number of nitrogens with zero attached hydrogens (tertiary/aromatic N) is 9. The van der Waals surface area contributed by atoms with Crippen LogP contribution in [0, 0.1) is 17.2 Å². The van der Waals surface area contributed by atoms with Gasteiger partial charge in [-0.05, 0) is 88.3 Å². The average molecular weight is 854 g/mol. The molecular weight excluding hydrogens is 802 g/mol. The molecule has 3 N–H and O–H groups in total. The molecule has 62 heavy (non-hydrogen) atoms. The number of piperidine rings is 2. The number of nitrogens with two attached hydrogens (primary N) is 1. The second-order valence-corrected chi connectivity index (χ2v) is 17.4. The molecule has 6 heterocycles. The van der Waals surface area contributed by atoms with E-state index >= 15 is 4.39 Å². The van der Waals surface area contributed by atoms with Crippen molar-refractivity contribution in [3.8, 4) is 0 Å². The summed E-state index contributed by atoms with van der Waals surface area (Å²) in [6, 6.07) is 8.86. The first-order chi connectivity index (χ1) is 29.7. The lowest BCUT2D eigenvalue weighted by atomic mass is 9.91. The zero-order chi connectivity index (χ0) is 43.9. The number of carbonyl (C=O) groups is 6. The summed E-state index contributed by atoms with van der Waals surface area (Å²) in [6.45, 7) is 9.61. The molecule has 1 aromatic heterocycles. The van der Waals surface area contributed by atoms with Crippen LogP contribution in [0.25, 0.3) is 0 Å². The summed E-state index contributed by atoms with van der Waals surface area (Å²) >= 11 is 0. The number of fused-ring (bicyclic) bond motifs is 1. The van der Waals surface area contributed by atoms with E-state index in [4.69, 9.17) is 10.5 Å². The smallest absolute Gasteiger partial charge is 0.313 e. The number of hydrogen-bond acceptors (Lipinski definition) is 15. The van der Waals surface area contributed by atoms with Crippen LogP contribution < -0.4 is 25.8 Å². The predicted molar refractivity (Wildman–Crippen MR) is 226 cm³/mol. The maximum absolute atomic E-state index is 15.6. The number of esters is 1. The zero-order valence-corrected chi connectivity index (χ0v) is 35.3. The van der Waals surface area contributed by atoms with E-state index in [2.05, 4.69) is 30.3 Å². The van der Waals surface area contributed by atoms with Crippen LogP contribution in [0.2, 0.25) is 0 Å². The molecule has 5 aliphatic rings. The van der Waals surface area contributed by atoms with E-state index in [9.17, 15) is 28.8 Å². The number of aromatic nitrogens is 3. The molecule has 4 saturated heterocycles. The summed E-state index contributed by atoms with van der Waals surface area (Å²) < 4.78 is 20.5. The first kappa shape index (κ1) is 42.5. The average Bonchev–Trinajstić information content (AvgIpc) is 3.83. The number of halogens is 1. The number of carbonyl (C=O) groups excluding carboxylic acids is 6. The monoisotopic (exact) mass is 853 g/mol. The Bertz CT molecular complexity index is 2290. The van der Waals surface area contributed by atoms with Crippen LogP contribution >= 0.6 is 0 Å². The number of benzene rings is 2. The highest BCUT2D eigenvalue weighted by molar-refractivity contribution is 6.23. The summed E-state index contributed by atoms with van der Waals surface area (Å²) in [5, 5.41) is 11.2. The number of hydrogen-bond donors (Lipinski definition) is 2. The van der Waals surface area contributed by atoms with Gasteiger partial charge in [-0.25, -0.2) is 4.39 Å². The lowest BCUT2D eigenvalue weighted by molar-refractivity contribution is -0.159. The largest absolute Gasteiger partial charge is 0.469 e. The van der Waals surface area contributed by atoms with Crippen molar-refractivity contribution in [2.45, 2.75) is 58.4 Å². The third-order valence-electron chi connectivity index (χ3n) is 12.6. The molecule has 18 nitrogen and oxygen atoms in total. The standard InChI is InChI=1S/C43H52FN11O7/c1-43(2,41(61)62-3)25-54-34(56)12-11-33(40(54)60)55-38(58)29-9-8-28(22-30(29)39(55)59)53-16-13-26(24-53)23-50-17-19-51(20-18-50)32-10-7-27(21-31(32)44)46-37-35(36(45)57)48-49-42(47-37)52-14-5-4-6-15-52/h7-10,21-22,26,33H,4-6,11-20,23-25H2,1-3H3,(H2,45,57)(H,46,47,49). The Morgan fingerprint density at radius 2 is 1.61 bits per heavy atom. The molecule has 2 atom stereocenters. The molecule has 5 amide bonds. The van der Waals surface area contributed by atoms with Crippen molar-refractivity contribution in [1.82, 2.24) is 29.9 Å². The highest BCUT2D eigenvalue weighted by Gasteiger charge is 2.49. The van der Waals surface area contributed by atoms with E-state index in [0.29, 0.717) is 36.3 Å². The molecule has 2 unspecified atom stereocenters. The molecular formula is C43H52FN11O7. The molecule has 5 aliphatic heterocycles. The topological polar surface area (TPSA) is 208 Å². The molecule has 19 heteroatoms. The molecule has 2 aromatic carbocycles. The summed E-state index contributed by atoms with van der Waals surface area (Å²) in [4.78, 5) is 93.4. The summed E-state index contributed by atoms with van der Waals surface area (Å²) in [5.41, 5.74) is 6.38. The third-order valence-corrected chi connectivity index (χ3v) is 12.6. The van der Waals surface area contributed by atoms with E-state index in [1.807, 2.05) is 15.9 Å². The number of ether oxygens (including phenoxy) is 1. The van der Waals surface area contributed by atoms with Gasteiger partial charge in [-0.1, -0.05) is 0 Å². The maximum Gasteiger partial charge on any atom is 0.313 e. The van der Waals surface area contributed by atoms with E-state index in [0.717, 1.165) is 87.0 Å². The zero-order valence-electron chi connectivity index (χ0n) is 35.3. The fraction of sp³-hybridized carbons (Fsp3) is 0.512. The van der Waals surface area contributed by atoms with Crippen molar-refractivity contribution in [2.75, 3.05) is 92.6 Å². The molecule has 0 aliphatic carbocycles. The van der Waals surface area contributed by atoms with Gasteiger partial charge < -0.3 is 30.5 Å². The Morgan fingerprint density at radius 1 is 0.871 bits per heavy atom. The van der Waals surface area contributed by atoms with Crippen LogP contribution in [-0.2, 0) is 19.1 Å². The first-order valence-electron chi connectivity index (χ1n) is 21.2. The molecule has 0 spiro atoms. The van der Waals surface area contributed by atoms with Crippen LogP contribution in [0.3, 0.4) is 0 Å². The van der Waals surface area contributed by atoms with E-state index in [1.54, 1.807) is 38.1 Å². The van der Waals surface area contributed by atoms with Gasteiger partial charge in [-0.15, -0.1) is 10.2 Å². The molecule has 4 fully saturated rings. The van der Waals surface area contributed by atoms with Gasteiger partial charge >= 0.3 is 5.97 Å². The molecule has 0 saturated carbocycles. The van der Waals surface area contributed by atoms with Crippen LogP contribution in [0.5, 0.6) is 0 Å². The van der Waals surface area contributed by atoms with Gasteiger partial charge in [-0.2, -0.15) is 4.98 Å². The fourth-order valence-corrected chi connectivity index (χ4v) is 9.22. The van der Waals surface area contributed by atoms with Crippen LogP contribution in [0.15, 0.2) is 36.4 Å². The van der Waals surface area contributed by atoms with Gasteiger partial charge in [0.1, 0.15) is 11.9 Å². The number of piperazine rings is 1. The van der Waals surface area contributed by atoms with Crippen molar-refractivity contribution >= 4 is 64.3 Å². The van der Waals surface area contributed by atoms with Crippen molar-refractivity contribution in [3.05, 3.63) is 59.0 Å². The van der Waals surface area contributed by atoms with Gasteiger partial charge in [0.05, 0.1) is 29.3 Å². The Kier molecular flexibility index (Phi) is 11.8. The van der Waals surface area contributed by atoms with Crippen molar-refractivity contribution in [3.63, 3.8) is 0 Å². The van der Waals surface area contributed by atoms with E-state index in [1.165, 1.54) is 13.2 Å². The molecule has 8 rings (SSSR count). The van der Waals surface area contributed by atoms with Gasteiger partial charge in [0, 0.05) is 83.2 Å². The Morgan fingerprint density at radius 3 is 2.32 bits per heavy atom.